The Morgan fingerprint density at radius 1 is 1.43 bits per heavy atom. The number of hydrogen-bond acceptors (Lipinski definition) is 3. The fraction of sp³-hybridized carbons (Fsp3) is 0.333. The van der Waals surface area contributed by atoms with Crippen molar-refractivity contribution < 1.29 is 18.6 Å². The molecule has 0 radical (unpaired) electrons. The Balaban J connectivity index is 3.17. The summed E-state index contributed by atoms with van der Waals surface area (Å²) in [5.41, 5.74) is 5.09. The molecule has 5 heteroatoms. The molecule has 1 aromatic rings. The molecular weight excluding hydrogens is 192 g/mol. The first-order chi connectivity index (χ1) is 6.60. The number of ether oxygens (including phenoxy) is 1. The van der Waals surface area contributed by atoms with Crippen molar-refractivity contribution in [1.29, 1.82) is 0 Å². The van der Waals surface area contributed by atoms with Crippen molar-refractivity contribution in [2.75, 3.05) is 13.7 Å². The molecule has 0 aliphatic rings. The van der Waals surface area contributed by atoms with E-state index in [9.17, 15) is 13.9 Å². The molecule has 0 aromatic heterocycles. The Bertz CT molecular complexity index is 331. The van der Waals surface area contributed by atoms with Gasteiger partial charge in [-0.1, -0.05) is 0 Å². The van der Waals surface area contributed by atoms with Crippen LogP contribution < -0.4 is 10.5 Å². The quantitative estimate of drug-likeness (QED) is 0.769. The van der Waals surface area contributed by atoms with Crippen LogP contribution >= 0.6 is 0 Å². The first-order valence-corrected chi connectivity index (χ1v) is 4.01. The Hall–Kier alpha value is -1.20. The maximum Gasteiger partial charge on any atom is 0.167 e. The molecule has 14 heavy (non-hydrogen) atoms. The molecule has 0 heterocycles. The molecule has 0 spiro atoms. The summed E-state index contributed by atoms with van der Waals surface area (Å²) < 4.78 is 30.7. The molecule has 0 bridgehead atoms. The molecule has 1 rings (SSSR count). The van der Waals surface area contributed by atoms with E-state index in [1.807, 2.05) is 0 Å². The molecule has 3 N–H and O–H groups in total. The Labute approximate surface area is 80.1 Å². The summed E-state index contributed by atoms with van der Waals surface area (Å²) in [5.74, 6) is -1.76. The van der Waals surface area contributed by atoms with E-state index in [1.165, 1.54) is 7.11 Å². The molecule has 0 saturated carbocycles. The van der Waals surface area contributed by atoms with Crippen LogP contribution in [-0.2, 0) is 0 Å². The number of rotatable bonds is 3. The van der Waals surface area contributed by atoms with Crippen molar-refractivity contribution in [3.63, 3.8) is 0 Å². The van der Waals surface area contributed by atoms with Crippen LogP contribution in [0.25, 0.3) is 0 Å². The highest BCUT2D eigenvalue weighted by molar-refractivity contribution is 5.32. The highest BCUT2D eigenvalue weighted by Crippen LogP contribution is 2.25. The van der Waals surface area contributed by atoms with Gasteiger partial charge >= 0.3 is 0 Å². The largest absolute Gasteiger partial charge is 0.494 e. The summed E-state index contributed by atoms with van der Waals surface area (Å²) >= 11 is 0. The monoisotopic (exact) mass is 203 g/mol. The van der Waals surface area contributed by atoms with Gasteiger partial charge in [0.2, 0.25) is 0 Å². The second kappa shape index (κ2) is 4.34. The average molecular weight is 203 g/mol. The molecule has 3 nitrogen and oxygen atoms in total. The van der Waals surface area contributed by atoms with E-state index in [-0.39, 0.29) is 17.9 Å². The second-order valence-electron chi connectivity index (χ2n) is 2.76. The summed E-state index contributed by atoms with van der Waals surface area (Å²) in [6.45, 7) is -0.133. The third kappa shape index (κ3) is 2.00. The first kappa shape index (κ1) is 10.9. The van der Waals surface area contributed by atoms with Gasteiger partial charge in [0.1, 0.15) is 5.82 Å². The zero-order valence-electron chi connectivity index (χ0n) is 7.63. The summed E-state index contributed by atoms with van der Waals surface area (Å²) in [5, 5.41) is 9.28. The van der Waals surface area contributed by atoms with Crippen molar-refractivity contribution in [2.45, 2.75) is 6.10 Å². The topological polar surface area (TPSA) is 55.5 Å². The van der Waals surface area contributed by atoms with Gasteiger partial charge in [0.05, 0.1) is 13.2 Å². The van der Waals surface area contributed by atoms with Crippen molar-refractivity contribution in [3.8, 4) is 5.75 Å². The van der Waals surface area contributed by atoms with Gasteiger partial charge in [-0.25, -0.2) is 8.78 Å². The summed E-state index contributed by atoms with van der Waals surface area (Å²) in [4.78, 5) is 0. The van der Waals surface area contributed by atoms with E-state index in [1.54, 1.807) is 0 Å². The summed E-state index contributed by atoms with van der Waals surface area (Å²) in [7, 11) is 1.26. The standard InChI is InChI=1S/C9H11F2NO2/c1-14-9-2-5(8(13)4-12)6(10)3-7(9)11/h2-3,8,13H,4,12H2,1H3. The minimum Gasteiger partial charge on any atom is -0.494 e. The van der Waals surface area contributed by atoms with Gasteiger partial charge < -0.3 is 15.6 Å². The van der Waals surface area contributed by atoms with E-state index in [0.717, 1.165) is 6.07 Å². The molecule has 0 fully saturated rings. The molecular formula is C9H11F2NO2. The number of aliphatic hydroxyl groups is 1. The lowest BCUT2D eigenvalue weighted by Gasteiger charge is -2.11. The van der Waals surface area contributed by atoms with Gasteiger partial charge in [0.15, 0.2) is 11.6 Å². The van der Waals surface area contributed by atoms with E-state index >= 15 is 0 Å². The third-order valence-corrected chi connectivity index (χ3v) is 1.85. The number of hydrogen-bond donors (Lipinski definition) is 2. The predicted octanol–water partition coefficient (Wildman–Crippen LogP) is 0.966. The van der Waals surface area contributed by atoms with Gasteiger partial charge in [-0.05, 0) is 6.07 Å². The Morgan fingerprint density at radius 2 is 2.07 bits per heavy atom. The van der Waals surface area contributed by atoms with Crippen molar-refractivity contribution in [2.24, 2.45) is 5.73 Å². The fourth-order valence-electron chi connectivity index (χ4n) is 1.08. The Kier molecular flexibility index (Phi) is 3.38. The third-order valence-electron chi connectivity index (χ3n) is 1.85. The van der Waals surface area contributed by atoms with Gasteiger partial charge in [0, 0.05) is 18.2 Å². The average Bonchev–Trinajstić information content (AvgIpc) is 2.17. The zero-order chi connectivity index (χ0) is 10.7. The molecule has 0 aliphatic heterocycles. The van der Waals surface area contributed by atoms with E-state index in [0.29, 0.717) is 6.07 Å². The SMILES string of the molecule is COc1cc(C(O)CN)c(F)cc1F. The van der Waals surface area contributed by atoms with Crippen LogP contribution in [0.4, 0.5) is 8.78 Å². The van der Waals surface area contributed by atoms with Crippen LogP contribution in [0.2, 0.25) is 0 Å². The number of nitrogens with two attached hydrogens (primary N) is 1. The fourth-order valence-corrected chi connectivity index (χ4v) is 1.08. The lowest BCUT2D eigenvalue weighted by atomic mass is 10.1. The minimum atomic E-state index is -1.15. The first-order valence-electron chi connectivity index (χ1n) is 4.01. The second-order valence-corrected chi connectivity index (χ2v) is 2.76. The molecule has 1 aromatic carbocycles. The van der Waals surface area contributed by atoms with Crippen LogP contribution in [0, 0.1) is 11.6 Å². The molecule has 0 aliphatic carbocycles. The van der Waals surface area contributed by atoms with Crippen LogP contribution in [0.5, 0.6) is 5.75 Å². The molecule has 0 saturated heterocycles. The number of benzene rings is 1. The highest BCUT2D eigenvalue weighted by atomic mass is 19.1. The highest BCUT2D eigenvalue weighted by Gasteiger charge is 2.15. The zero-order valence-corrected chi connectivity index (χ0v) is 7.63. The van der Waals surface area contributed by atoms with Crippen molar-refractivity contribution in [3.05, 3.63) is 29.3 Å². The lowest BCUT2D eigenvalue weighted by Crippen LogP contribution is -2.13. The minimum absolute atomic E-state index is 0.0641. The maximum absolute atomic E-state index is 13.1. The predicted molar refractivity (Wildman–Crippen MR) is 46.9 cm³/mol. The molecule has 0 amide bonds. The van der Waals surface area contributed by atoms with Gasteiger partial charge in [-0.2, -0.15) is 0 Å². The number of aliphatic hydroxyl groups excluding tert-OH is 1. The molecule has 1 unspecified atom stereocenters. The van der Waals surface area contributed by atoms with Crippen LogP contribution in [-0.4, -0.2) is 18.8 Å². The van der Waals surface area contributed by atoms with Crippen molar-refractivity contribution >= 4 is 0 Å². The van der Waals surface area contributed by atoms with Crippen LogP contribution in [0.15, 0.2) is 12.1 Å². The maximum atomic E-state index is 13.1. The van der Waals surface area contributed by atoms with Crippen LogP contribution in [0.1, 0.15) is 11.7 Å². The lowest BCUT2D eigenvalue weighted by molar-refractivity contribution is 0.181. The van der Waals surface area contributed by atoms with Gasteiger partial charge in [-0.3, -0.25) is 0 Å². The summed E-state index contributed by atoms with van der Waals surface area (Å²) in [6, 6.07) is 1.76. The van der Waals surface area contributed by atoms with E-state index < -0.39 is 17.7 Å². The van der Waals surface area contributed by atoms with Crippen molar-refractivity contribution in [1.82, 2.24) is 0 Å². The smallest absolute Gasteiger partial charge is 0.167 e. The van der Waals surface area contributed by atoms with E-state index in [2.05, 4.69) is 4.74 Å². The van der Waals surface area contributed by atoms with Gasteiger partial charge in [-0.15, -0.1) is 0 Å². The normalized spacial score (nSPS) is 12.6. The molecule has 78 valence electrons. The molecule has 1 atom stereocenters. The summed E-state index contributed by atoms with van der Waals surface area (Å²) in [6.07, 6.45) is -1.15. The number of halogens is 2. The number of methoxy groups -OCH3 is 1. The van der Waals surface area contributed by atoms with E-state index in [4.69, 9.17) is 5.73 Å². The Morgan fingerprint density at radius 3 is 2.57 bits per heavy atom. The van der Waals surface area contributed by atoms with Crippen LogP contribution in [0.3, 0.4) is 0 Å². The van der Waals surface area contributed by atoms with Gasteiger partial charge in [0.25, 0.3) is 0 Å².